The monoisotopic (exact) mass is 327 g/mol. The Balaban J connectivity index is 2.15. The van der Waals surface area contributed by atoms with Crippen molar-refractivity contribution in [2.75, 3.05) is 5.32 Å². The van der Waals surface area contributed by atoms with Gasteiger partial charge < -0.3 is 9.84 Å². The van der Waals surface area contributed by atoms with Crippen molar-refractivity contribution in [3.05, 3.63) is 53.3 Å². The first-order valence-electron chi connectivity index (χ1n) is 7.54. The van der Waals surface area contributed by atoms with Crippen molar-refractivity contribution in [2.24, 2.45) is 0 Å². The molecule has 0 saturated heterocycles. The van der Waals surface area contributed by atoms with Crippen molar-refractivity contribution < 1.29 is 14.6 Å². The zero-order valence-electron chi connectivity index (χ0n) is 14.2. The first-order valence-corrected chi connectivity index (χ1v) is 7.54. The molecule has 0 aliphatic heterocycles. The summed E-state index contributed by atoms with van der Waals surface area (Å²) < 4.78 is 5.15. The number of carbonyl (C=O) groups excluding carboxylic acids is 1. The standard InChI is InChI=1S/C18H21N3O3/c1-12-6-5-7-13(10-12)15(22)11-14-8-9-19-16(20-14)21-17(23)24-18(2,3)4/h5-11,22H,1-4H3,(H,19,20,21,23). The van der Waals surface area contributed by atoms with Crippen LogP contribution >= 0.6 is 0 Å². The minimum absolute atomic E-state index is 0.0839. The van der Waals surface area contributed by atoms with E-state index in [4.69, 9.17) is 4.74 Å². The van der Waals surface area contributed by atoms with Crippen LogP contribution in [0.1, 0.15) is 37.6 Å². The molecule has 0 aliphatic carbocycles. The maximum Gasteiger partial charge on any atom is 0.414 e. The highest BCUT2D eigenvalue weighted by molar-refractivity contribution is 5.83. The van der Waals surface area contributed by atoms with Crippen molar-refractivity contribution in [3.8, 4) is 0 Å². The quantitative estimate of drug-likeness (QED) is 0.826. The van der Waals surface area contributed by atoms with E-state index in [2.05, 4.69) is 15.3 Å². The van der Waals surface area contributed by atoms with E-state index >= 15 is 0 Å². The van der Waals surface area contributed by atoms with Crippen molar-refractivity contribution in [3.63, 3.8) is 0 Å². The van der Waals surface area contributed by atoms with E-state index in [-0.39, 0.29) is 11.7 Å². The van der Waals surface area contributed by atoms with Gasteiger partial charge in [0.05, 0.1) is 5.69 Å². The molecule has 1 aromatic heterocycles. The van der Waals surface area contributed by atoms with E-state index in [1.807, 2.05) is 25.1 Å². The molecule has 0 saturated carbocycles. The number of hydrogen-bond acceptors (Lipinski definition) is 5. The Morgan fingerprint density at radius 1 is 1.29 bits per heavy atom. The fourth-order valence-electron chi connectivity index (χ4n) is 1.94. The molecule has 2 rings (SSSR count). The molecule has 1 amide bonds. The predicted octanol–water partition coefficient (Wildman–Crippen LogP) is 4.19. The number of nitrogens with one attached hydrogen (secondary N) is 1. The van der Waals surface area contributed by atoms with Gasteiger partial charge in [0.25, 0.3) is 0 Å². The minimum atomic E-state index is -0.633. The highest BCUT2D eigenvalue weighted by Gasteiger charge is 2.17. The summed E-state index contributed by atoms with van der Waals surface area (Å²) in [6.45, 7) is 7.26. The molecule has 1 heterocycles. The van der Waals surface area contributed by atoms with Crippen LogP contribution in [0.25, 0.3) is 11.8 Å². The Bertz CT molecular complexity index is 764. The number of aliphatic hydroxyl groups excluding tert-OH is 1. The molecule has 24 heavy (non-hydrogen) atoms. The van der Waals surface area contributed by atoms with Crippen LogP contribution in [-0.4, -0.2) is 26.8 Å². The van der Waals surface area contributed by atoms with Crippen molar-refractivity contribution in [2.45, 2.75) is 33.3 Å². The molecule has 2 aromatic rings. The molecule has 6 nitrogen and oxygen atoms in total. The largest absolute Gasteiger partial charge is 0.507 e. The van der Waals surface area contributed by atoms with Crippen molar-refractivity contribution in [1.82, 2.24) is 9.97 Å². The maximum absolute atomic E-state index is 11.7. The van der Waals surface area contributed by atoms with Gasteiger partial charge in [-0.2, -0.15) is 0 Å². The van der Waals surface area contributed by atoms with Gasteiger partial charge in [-0.1, -0.05) is 23.8 Å². The van der Waals surface area contributed by atoms with Gasteiger partial charge in [0.2, 0.25) is 5.95 Å². The van der Waals surface area contributed by atoms with Crippen LogP contribution in [-0.2, 0) is 4.74 Å². The summed E-state index contributed by atoms with van der Waals surface area (Å²) in [7, 11) is 0. The molecule has 1 aromatic carbocycles. The van der Waals surface area contributed by atoms with Crippen LogP contribution in [0.3, 0.4) is 0 Å². The lowest BCUT2D eigenvalue weighted by Gasteiger charge is -2.19. The molecule has 0 radical (unpaired) electrons. The number of amides is 1. The first-order chi connectivity index (χ1) is 11.2. The molecule has 126 valence electrons. The number of anilines is 1. The number of aromatic nitrogens is 2. The lowest BCUT2D eigenvalue weighted by Crippen LogP contribution is -2.27. The summed E-state index contributed by atoms with van der Waals surface area (Å²) >= 11 is 0. The highest BCUT2D eigenvalue weighted by atomic mass is 16.6. The molecule has 6 heteroatoms. The Hall–Kier alpha value is -2.89. The summed E-state index contributed by atoms with van der Waals surface area (Å²) in [6, 6.07) is 9.12. The fraction of sp³-hybridized carbons (Fsp3) is 0.278. The Labute approximate surface area is 141 Å². The zero-order valence-corrected chi connectivity index (χ0v) is 14.2. The molecule has 0 spiro atoms. The topological polar surface area (TPSA) is 84.3 Å². The molecule has 0 fully saturated rings. The summed E-state index contributed by atoms with van der Waals surface area (Å²) in [5, 5.41) is 12.7. The Morgan fingerprint density at radius 2 is 2.04 bits per heavy atom. The number of nitrogens with zero attached hydrogens (tertiary/aromatic N) is 2. The third-order valence-electron chi connectivity index (χ3n) is 2.89. The SMILES string of the molecule is Cc1cccc(C(O)=Cc2ccnc(NC(=O)OC(C)(C)C)n2)c1. The van der Waals surface area contributed by atoms with Gasteiger partial charge in [0.1, 0.15) is 11.4 Å². The van der Waals surface area contributed by atoms with Crippen LogP contribution in [0.5, 0.6) is 0 Å². The van der Waals surface area contributed by atoms with Crippen LogP contribution in [0, 0.1) is 6.92 Å². The van der Waals surface area contributed by atoms with Crippen molar-refractivity contribution >= 4 is 23.9 Å². The van der Waals surface area contributed by atoms with Gasteiger partial charge in [0.15, 0.2) is 0 Å². The molecular weight excluding hydrogens is 306 g/mol. The second-order valence-electron chi connectivity index (χ2n) is 6.33. The highest BCUT2D eigenvalue weighted by Crippen LogP contribution is 2.16. The maximum atomic E-state index is 11.7. The molecule has 2 N–H and O–H groups in total. The zero-order chi connectivity index (χ0) is 17.7. The predicted molar refractivity (Wildman–Crippen MR) is 93.6 cm³/mol. The molecule has 0 atom stereocenters. The van der Waals surface area contributed by atoms with Gasteiger partial charge in [0, 0.05) is 17.8 Å². The van der Waals surface area contributed by atoms with Gasteiger partial charge in [-0.15, -0.1) is 0 Å². The van der Waals surface area contributed by atoms with E-state index < -0.39 is 11.7 Å². The lowest BCUT2D eigenvalue weighted by molar-refractivity contribution is 0.0634. The number of rotatable bonds is 3. The van der Waals surface area contributed by atoms with Gasteiger partial charge in [-0.3, -0.25) is 5.32 Å². The van der Waals surface area contributed by atoms with Crippen LogP contribution in [0.4, 0.5) is 10.7 Å². The summed E-state index contributed by atoms with van der Waals surface area (Å²) in [5.74, 6) is 0.190. The average Bonchev–Trinajstić information content (AvgIpc) is 2.45. The second-order valence-corrected chi connectivity index (χ2v) is 6.33. The number of carbonyl (C=O) groups is 1. The molecular formula is C18H21N3O3. The number of aryl methyl sites for hydroxylation is 1. The number of hydrogen-bond donors (Lipinski definition) is 2. The Kier molecular flexibility index (Phi) is 5.18. The second kappa shape index (κ2) is 7.12. The van der Waals surface area contributed by atoms with E-state index in [1.165, 1.54) is 12.3 Å². The molecule has 0 bridgehead atoms. The summed E-state index contributed by atoms with van der Waals surface area (Å²) in [5.41, 5.74) is 1.60. The minimum Gasteiger partial charge on any atom is -0.507 e. The third kappa shape index (κ3) is 5.39. The van der Waals surface area contributed by atoms with Gasteiger partial charge in [-0.25, -0.2) is 14.8 Å². The number of aliphatic hydroxyl groups is 1. The Morgan fingerprint density at radius 3 is 2.71 bits per heavy atom. The van der Waals surface area contributed by atoms with Gasteiger partial charge >= 0.3 is 6.09 Å². The van der Waals surface area contributed by atoms with E-state index in [1.54, 1.807) is 32.9 Å². The van der Waals surface area contributed by atoms with E-state index in [0.29, 0.717) is 11.3 Å². The molecule has 0 aliphatic rings. The normalized spacial score (nSPS) is 11.9. The number of benzene rings is 1. The first kappa shape index (κ1) is 17.5. The smallest absolute Gasteiger partial charge is 0.414 e. The molecule has 0 unspecified atom stereocenters. The summed E-state index contributed by atoms with van der Waals surface area (Å²) in [6.07, 6.45) is 2.37. The fourth-order valence-corrected chi connectivity index (χ4v) is 1.94. The van der Waals surface area contributed by atoms with Gasteiger partial charge in [-0.05, 0) is 39.8 Å². The summed E-state index contributed by atoms with van der Waals surface area (Å²) in [4.78, 5) is 19.9. The van der Waals surface area contributed by atoms with E-state index in [0.717, 1.165) is 5.56 Å². The third-order valence-corrected chi connectivity index (χ3v) is 2.89. The van der Waals surface area contributed by atoms with Crippen LogP contribution in [0.2, 0.25) is 0 Å². The van der Waals surface area contributed by atoms with Crippen molar-refractivity contribution in [1.29, 1.82) is 0 Å². The lowest BCUT2D eigenvalue weighted by atomic mass is 10.1. The van der Waals surface area contributed by atoms with Crippen LogP contribution < -0.4 is 5.32 Å². The van der Waals surface area contributed by atoms with E-state index in [9.17, 15) is 9.90 Å². The van der Waals surface area contributed by atoms with Crippen LogP contribution in [0.15, 0.2) is 36.5 Å². The average molecular weight is 327 g/mol. The number of ether oxygens (including phenoxy) is 1.